The lowest BCUT2D eigenvalue weighted by Gasteiger charge is -2.37. The fraction of sp³-hybridized carbons (Fsp3) is 0.500. The van der Waals surface area contributed by atoms with Gasteiger partial charge in [-0.05, 0) is 24.0 Å². The van der Waals surface area contributed by atoms with Crippen LogP contribution >= 0.6 is 11.8 Å². The Labute approximate surface area is 131 Å². The van der Waals surface area contributed by atoms with Crippen molar-refractivity contribution in [3.63, 3.8) is 0 Å². The summed E-state index contributed by atoms with van der Waals surface area (Å²) in [6, 6.07) is 9.68. The maximum absolute atomic E-state index is 11.3. The Morgan fingerprint density at radius 3 is 2.52 bits per heavy atom. The van der Waals surface area contributed by atoms with E-state index >= 15 is 0 Å². The van der Waals surface area contributed by atoms with Crippen LogP contribution < -0.4 is 0 Å². The van der Waals surface area contributed by atoms with Gasteiger partial charge in [-0.1, -0.05) is 50.8 Å². The highest BCUT2D eigenvalue weighted by Crippen LogP contribution is 2.51. The Kier molecular flexibility index (Phi) is 5.00. The van der Waals surface area contributed by atoms with Gasteiger partial charge in [0.1, 0.15) is 5.60 Å². The molecule has 114 valence electrons. The lowest BCUT2D eigenvalue weighted by atomic mass is 9.74. The molecule has 0 radical (unpaired) electrons. The summed E-state index contributed by atoms with van der Waals surface area (Å²) in [7, 11) is 0. The molecule has 3 heteroatoms. The molecule has 1 fully saturated rings. The molecule has 1 aliphatic rings. The predicted octanol–water partition coefficient (Wildman–Crippen LogP) is 3.35. The second kappa shape index (κ2) is 6.41. The molecule has 0 aromatic heterocycles. The topological polar surface area (TPSA) is 40.5 Å². The SMILES string of the molecule is C=C=C(C)[C@@H](O)[C@@H]1[C@@H](C(C)C)SC[C@@]1(O)c1ccccc1. The molecule has 0 amide bonds. The highest BCUT2D eigenvalue weighted by Gasteiger charge is 2.53. The minimum Gasteiger partial charge on any atom is -0.388 e. The van der Waals surface area contributed by atoms with Gasteiger partial charge >= 0.3 is 0 Å². The third-order valence-electron chi connectivity index (χ3n) is 4.39. The van der Waals surface area contributed by atoms with E-state index in [0.717, 1.165) is 5.56 Å². The second-order valence-corrected chi connectivity index (χ2v) is 7.31. The molecular weight excluding hydrogens is 280 g/mol. The summed E-state index contributed by atoms with van der Waals surface area (Å²) in [5.41, 5.74) is 3.34. The summed E-state index contributed by atoms with van der Waals surface area (Å²) in [4.78, 5) is 0. The van der Waals surface area contributed by atoms with Gasteiger partial charge in [-0.2, -0.15) is 11.8 Å². The molecule has 2 N–H and O–H groups in total. The Morgan fingerprint density at radius 2 is 2.00 bits per heavy atom. The van der Waals surface area contributed by atoms with Crippen LogP contribution in [0.5, 0.6) is 0 Å². The molecule has 0 spiro atoms. The standard InChI is InChI=1S/C18H24O2S/c1-5-13(4)16(19)15-17(12(2)3)21-11-18(15,20)14-9-7-6-8-10-14/h6-10,12,15-17,19-20H,1,11H2,2-4H3/t15-,16-,17-,18-/m1/s1. The van der Waals surface area contributed by atoms with Gasteiger partial charge in [-0.25, -0.2) is 0 Å². The quantitative estimate of drug-likeness (QED) is 0.838. The third-order valence-corrected chi connectivity index (χ3v) is 6.22. The monoisotopic (exact) mass is 304 g/mol. The zero-order chi connectivity index (χ0) is 15.6. The summed E-state index contributed by atoms with van der Waals surface area (Å²) in [6.07, 6.45) is -0.727. The largest absolute Gasteiger partial charge is 0.388 e. The maximum atomic E-state index is 11.3. The van der Waals surface area contributed by atoms with Gasteiger partial charge in [-0.3, -0.25) is 0 Å². The molecule has 0 saturated carbocycles. The average Bonchev–Trinajstić information content (AvgIpc) is 2.85. The van der Waals surface area contributed by atoms with Gasteiger partial charge in [0.05, 0.1) is 6.10 Å². The van der Waals surface area contributed by atoms with Crippen LogP contribution in [-0.2, 0) is 5.60 Å². The van der Waals surface area contributed by atoms with E-state index in [1.807, 2.05) is 37.3 Å². The van der Waals surface area contributed by atoms with Crippen molar-refractivity contribution in [1.82, 2.24) is 0 Å². The van der Waals surface area contributed by atoms with E-state index in [0.29, 0.717) is 17.2 Å². The number of rotatable bonds is 4. The van der Waals surface area contributed by atoms with Crippen LogP contribution in [-0.4, -0.2) is 27.3 Å². The molecule has 1 aromatic rings. The second-order valence-electron chi connectivity index (χ2n) is 6.14. The molecule has 0 aliphatic carbocycles. The van der Waals surface area contributed by atoms with Gasteiger partial charge < -0.3 is 10.2 Å². The molecule has 2 nitrogen and oxygen atoms in total. The summed E-state index contributed by atoms with van der Waals surface area (Å²) in [5, 5.41) is 22.2. The zero-order valence-electron chi connectivity index (χ0n) is 12.9. The number of hydrogen-bond acceptors (Lipinski definition) is 3. The number of hydrogen-bond donors (Lipinski definition) is 2. The van der Waals surface area contributed by atoms with Crippen LogP contribution in [0, 0.1) is 11.8 Å². The lowest BCUT2D eigenvalue weighted by molar-refractivity contribution is -0.0455. The molecule has 21 heavy (non-hydrogen) atoms. The van der Waals surface area contributed by atoms with Crippen molar-refractivity contribution < 1.29 is 10.2 Å². The maximum Gasteiger partial charge on any atom is 0.105 e. The minimum atomic E-state index is -1.02. The number of thioether (sulfide) groups is 1. The van der Waals surface area contributed by atoms with Crippen molar-refractivity contribution >= 4 is 11.8 Å². The molecule has 1 aliphatic heterocycles. The van der Waals surface area contributed by atoms with Crippen molar-refractivity contribution in [1.29, 1.82) is 0 Å². The Hall–Kier alpha value is -0.990. The molecule has 1 heterocycles. The van der Waals surface area contributed by atoms with Crippen molar-refractivity contribution in [2.75, 3.05) is 5.75 Å². The van der Waals surface area contributed by atoms with E-state index in [1.165, 1.54) is 0 Å². The van der Waals surface area contributed by atoms with E-state index in [9.17, 15) is 10.2 Å². The minimum absolute atomic E-state index is 0.202. The first-order chi connectivity index (χ1) is 9.91. The first-order valence-electron chi connectivity index (χ1n) is 7.36. The first-order valence-corrected chi connectivity index (χ1v) is 8.40. The smallest absolute Gasteiger partial charge is 0.105 e. The summed E-state index contributed by atoms with van der Waals surface area (Å²) < 4.78 is 0. The summed E-state index contributed by atoms with van der Waals surface area (Å²) in [5.74, 6) is 0.732. The van der Waals surface area contributed by atoms with E-state index in [4.69, 9.17) is 0 Å². The summed E-state index contributed by atoms with van der Waals surface area (Å²) >= 11 is 1.75. The molecule has 4 atom stereocenters. The van der Waals surface area contributed by atoms with E-state index < -0.39 is 11.7 Å². The van der Waals surface area contributed by atoms with Crippen LogP contribution in [0.4, 0.5) is 0 Å². The van der Waals surface area contributed by atoms with Crippen LogP contribution in [0.25, 0.3) is 0 Å². The van der Waals surface area contributed by atoms with Crippen LogP contribution in [0.2, 0.25) is 0 Å². The number of benzene rings is 1. The van der Waals surface area contributed by atoms with Crippen LogP contribution in [0.15, 0.2) is 48.2 Å². The van der Waals surface area contributed by atoms with Gasteiger partial charge in [0.25, 0.3) is 0 Å². The fourth-order valence-electron chi connectivity index (χ4n) is 3.12. The molecular formula is C18H24O2S. The zero-order valence-corrected chi connectivity index (χ0v) is 13.7. The van der Waals surface area contributed by atoms with E-state index in [1.54, 1.807) is 11.8 Å². The number of aliphatic hydroxyl groups excluding tert-OH is 1. The normalized spacial score (nSPS) is 30.2. The Morgan fingerprint density at radius 1 is 1.38 bits per heavy atom. The highest BCUT2D eigenvalue weighted by atomic mass is 32.2. The van der Waals surface area contributed by atoms with E-state index in [2.05, 4.69) is 26.2 Å². The van der Waals surface area contributed by atoms with Crippen molar-refractivity contribution in [2.45, 2.75) is 37.7 Å². The van der Waals surface area contributed by atoms with Crippen molar-refractivity contribution in [2.24, 2.45) is 11.8 Å². The molecule has 0 unspecified atom stereocenters. The highest BCUT2D eigenvalue weighted by molar-refractivity contribution is 8.00. The van der Waals surface area contributed by atoms with Gasteiger partial charge in [-0.15, -0.1) is 5.73 Å². The van der Waals surface area contributed by atoms with Gasteiger partial charge in [0, 0.05) is 16.9 Å². The number of aliphatic hydroxyl groups is 2. The average molecular weight is 304 g/mol. The first kappa shape index (κ1) is 16.4. The Bertz CT molecular complexity index is 533. The fourth-order valence-corrected chi connectivity index (χ4v) is 4.89. The van der Waals surface area contributed by atoms with Gasteiger partial charge in [0.2, 0.25) is 0 Å². The molecule has 1 saturated heterocycles. The van der Waals surface area contributed by atoms with Crippen LogP contribution in [0.1, 0.15) is 26.3 Å². The van der Waals surface area contributed by atoms with Crippen LogP contribution in [0.3, 0.4) is 0 Å². The lowest BCUT2D eigenvalue weighted by Crippen LogP contribution is -2.45. The van der Waals surface area contributed by atoms with Crippen molar-refractivity contribution in [3.05, 3.63) is 53.8 Å². The third kappa shape index (κ3) is 2.97. The van der Waals surface area contributed by atoms with Gasteiger partial charge in [0.15, 0.2) is 0 Å². The molecule has 2 rings (SSSR count). The predicted molar refractivity (Wildman–Crippen MR) is 89.2 cm³/mol. The Balaban J connectivity index is 2.47. The molecule has 0 bridgehead atoms. The van der Waals surface area contributed by atoms with E-state index in [-0.39, 0.29) is 11.2 Å². The van der Waals surface area contributed by atoms with Crippen molar-refractivity contribution in [3.8, 4) is 0 Å². The summed E-state index contributed by atoms with van der Waals surface area (Å²) in [6.45, 7) is 9.74. The molecule has 1 aromatic carbocycles.